The summed E-state index contributed by atoms with van der Waals surface area (Å²) in [5.74, 6) is 1.12. The molecule has 0 unspecified atom stereocenters. The van der Waals surface area contributed by atoms with E-state index in [1.165, 1.54) is 12.8 Å². The molecule has 0 spiro atoms. The normalized spacial score (nSPS) is 16.8. The van der Waals surface area contributed by atoms with Gasteiger partial charge in [-0.1, -0.05) is 18.5 Å². The Morgan fingerprint density at radius 2 is 2.10 bits per heavy atom. The quantitative estimate of drug-likeness (QED) is 0.846. The number of halogens is 1. The van der Waals surface area contributed by atoms with Crippen LogP contribution < -0.4 is 5.32 Å². The lowest BCUT2D eigenvalue weighted by Crippen LogP contribution is -2.36. The van der Waals surface area contributed by atoms with Crippen molar-refractivity contribution in [3.63, 3.8) is 0 Å². The van der Waals surface area contributed by atoms with Crippen molar-refractivity contribution in [1.82, 2.24) is 10.2 Å². The second kappa shape index (κ2) is 7.87. The number of nitrogens with one attached hydrogen (secondary N) is 1. The zero-order chi connectivity index (χ0) is 14.4. The summed E-state index contributed by atoms with van der Waals surface area (Å²) in [4.78, 5) is 2.45. The predicted octanol–water partition coefficient (Wildman–Crippen LogP) is 3.26. The number of benzene rings is 1. The highest BCUT2D eigenvalue weighted by atomic mass is 35.5. The van der Waals surface area contributed by atoms with E-state index in [2.05, 4.69) is 17.1 Å². The van der Waals surface area contributed by atoms with E-state index >= 15 is 0 Å². The average molecular weight is 297 g/mol. The van der Waals surface area contributed by atoms with Crippen molar-refractivity contribution in [3.05, 3.63) is 28.8 Å². The van der Waals surface area contributed by atoms with Gasteiger partial charge in [0.25, 0.3) is 0 Å². The summed E-state index contributed by atoms with van der Waals surface area (Å²) in [6.07, 6.45) is 3.63. The fourth-order valence-corrected chi connectivity index (χ4v) is 3.10. The second-order valence-electron chi connectivity index (χ2n) is 5.70. The van der Waals surface area contributed by atoms with Gasteiger partial charge < -0.3 is 10.4 Å². The molecule has 1 aliphatic heterocycles. The van der Waals surface area contributed by atoms with Gasteiger partial charge in [-0.2, -0.15) is 0 Å². The second-order valence-corrected chi connectivity index (χ2v) is 6.14. The molecule has 1 saturated heterocycles. The maximum absolute atomic E-state index is 9.96. The summed E-state index contributed by atoms with van der Waals surface area (Å²) in [6.45, 7) is 7.43. The van der Waals surface area contributed by atoms with Crippen LogP contribution in [-0.2, 0) is 6.54 Å². The van der Waals surface area contributed by atoms with Gasteiger partial charge in [0.1, 0.15) is 5.75 Å². The first kappa shape index (κ1) is 15.6. The SMILES string of the molecule is CCCN(Cc1cc(Cl)ccc1O)CC1CCNCC1. The zero-order valence-electron chi connectivity index (χ0n) is 12.2. The van der Waals surface area contributed by atoms with Crippen LogP contribution in [0.3, 0.4) is 0 Å². The highest BCUT2D eigenvalue weighted by molar-refractivity contribution is 6.30. The van der Waals surface area contributed by atoms with E-state index in [0.717, 1.165) is 50.6 Å². The molecule has 0 bridgehead atoms. The van der Waals surface area contributed by atoms with Gasteiger partial charge in [-0.25, -0.2) is 0 Å². The van der Waals surface area contributed by atoms with Gasteiger partial charge in [0.15, 0.2) is 0 Å². The summed E-state index contributed by atoms with van der Waals surface area (Å²) in [5.41, 5.74) is 0.930. The first-order chi connectivity index (χ1) is 9.69. The Balaban J connectivity index is 1.98. The fourth-order valence-electron chi connectivity index (χ4n) is 2.90. The van der Waals surface area contributed by atoms with Gasteiger partial charge in [0.2, 0.25) is 0 Å². The van der Waals surface area contributed by atoms with Gasteiger partial charge in [-0.3, -0.25) is 4.90 Å². The molecule has 2 rings (SSSR count). The topological polar surface area (TPSA) is 35.5 Å². The molecule has 1 heterocycles. The van der Waals surface area contributed by atoms with E-state index in [1.54, 1.807) is 12.1 Å². The summed E-state index contributed by atoms with van der Waals surface area (Å²) in [7, 11) is 0. The van der Waals surface area contributed by atoms with Crippen LogP contribution in [0.4, 0.5) is 0 Å². The predicted molar refractivity (Wildman–Crippen MR) is 84.3 cm³/mol. The third-order valence-corrected chi connectivity index (χ3v) is 4.19. The molecule has 1 fully saturated rings. The van der Waals surface area contributed by atoms with Crippen LogP contribution in [0.15, 0.2) is 18.2 Å². The molecule has 0 radical (unpaired) electrons. The van der Waals surface area contributed by atoms with Crippen LogP contribution in [0.2, 0.25) is 5.02 Å². The molecular weight excluding hydrogens is 272 g/mol. The first-order valence-corrected chi connectivity index (χ1v) is 7.97. The van der Waals surface area contributed by atoms with Crippen molar-refractivity contribution in [2.75, 3.05) is 26.2 Å². The maximum Gasteiger partial charge on any atom is 0.120 e. The third kappa shape index (κ3) is 4.65. The number of phenols is 1. The highest BCUT2D eigenvalue weighted by Crippen LogP contribution is 2.24. The molecule has 0 atom stereocenters. The first-order valence-electron chi connectivity index (χ1n) is 7.59. The van der Waals surface area contributed by atoms with Crippen LogP contribution in [0.5, 0.6) is 5.75 Å². The molecule has 0 aromatic heterocycles. The van der Waals surface area contributed by atoms with E-state index in [1.807, 2.05) is 6.07 Å². The van der Waals surface area contributed by atoms with Gasteiger partial charge in [-0.15, -0.1) is 0 Å². The maximum atomic E-state index is 9.96. The number of hydrogen-bond donors (Lipinski definition) is 2. The third-order valence-electron chi connectivity index (χ3n) is 3.95. The van der Waals surface area contributed by atoms with E-state index < -0.39 is 0 Å². The monoisotopic (exact) mass is 296 g/mol. The number of nitrogens with zero attached hydrogens (tertiary/aromatic N) is 1. The molecule has 0 amide bonds. The zero-order valence-corrected chi connectivity index (χ0v) is 13.0. The van der Waals surface area contributed by atoms with Crippen molar-refractivity contribution in [1.29, 1.82) is 0 Å². The van der Waals surface area contributed by atoms with Gasteiger partial charge in [0, 0.05) is 23.7 Å². The Bertz CT molecular complexity index is 419. The molecule has 0 aliphatic carbocycles. The number of aromatic hydroxyl groups is 1. The van der Waals surface area contributed by atoms with Crippen LogP contribution in [-0.4, -0.2) is 36.2 Å². The smallest absolute Gasteiger partial charge is 0.120 e. The lowest BCUT2D eigenvalue weighted by Gasteiger charge is -2.30. The van der Waals surface area contributed by atoms with E-state index in [9.17, 15) is 5.11 Å². The molecule has 112 valence electrons. The lowest BCUT2D eigenvalue weighted by atomic mass is 9.97. The number of phenolic OH excluding ortho intramolecular Hbond substituents is 1. The minimum absolute atomic E-state index is 0.348. The number of hydrogen-bond acceptors (Lipinski definition) is 3. The Morgan fingerprint density at radius 1 is 1.35 bits per heavy atom. The number of rotatable bonds is 6. The molecule has 0 saturated carbocycles. The van der Waals surface area contributed by atoms with E-state index in [-0.39, 0.29) is 0 Å². The standard InChI is InChI=1S/C16H25ClN2O/c1-2-9-19(11-13-5-7-18-8-6-13)12-14-10-15(17)3-4-16(14)20/h3-4,10,13,18,20H,2,5-9,11-12H2,1H3. The Kier molecular flexibility index (Phi) is 6.14. The molecule has 1 aromatic carbocycles. The molecule has 4 heteroatoms. The Labute approximate surface area is 126 Å². The van der Waals surface area contributed by atoms with Crippen molar-refractivity contribution in [2.24, 2.45) is 5.92 Å². The largest absolute Gasteiger partial charge is 0.508 e. The van der Waals surface area contributed by atoms with Gasteiger partial charge in [0.05, 0.1) is 0 Å². The molecule has 1 aliphatic rings. The summed E-state index contributed by atoms with van der Waals surface area (Å²) < 4.78 is 0. The van der Waals surface area contributed by atoms with Crippen molar-refractivity contribution in [3.8, 4) is 5.75 Å². The van der Waals surface area contributed by atoms with Crippen molar-refractivity contribution in [2.45, 2.75) is 32.7 Å². The molecule has 2 N–H and O–H groups in total. The van der Waals surface area contributed by atoms with Gasteiger partial charge in [-0.05, 0) is 63.0 Å². The van der Waals surface area contributed by atoms with E-state index in [4.69, 9.17) is 11.6 Å². The molecule has 3 nitrogen and oxygen atoms in total. The minimum atomic E-state index is 0.348. The van der Waals surface area contributed by atoms with Crippen molar-refractivity contribution < 1.29 is 5.11 Å². The van der Waals surface area contributed by atoms with Crippen LogP contribution in [0.25, 0.3) is 0 Å². The summed E-state index contributed by atoms with van der Waals surface area (Å²) in [5, 5.41) is 14.1. The lowest BCUT2D eigenvalue weighted by molar-refractivity contribution is 0.197. The Morgan fingerprint density at radius 3 is 2.80 bits per heavy atom. The van der Waals surface area contributed by atoms with Crippen LogP contribution >= 0.6 is 11.6 Å². The molecule has 20 heavy (non-hydrogen) atoms. The average Bonchev–Trinajstić information content (AvgIpc) is 2.44. The minimum Gasteiger partial charge on any atom is -0.508 e. The molecule has 1 aromatic rings. The molecular formula is C16H25ClN2O. The van der Waals surface area contributed by atoms with Crippen molar-refractivity contribution >= 4 is 11.6 Å². The van der Waals surface area contributed by atoms with Crippen LogP contribution in [0, 0.1) is 5.92 Å². The highest BCUT2D eigenvalue weighted by Gasteiger charge is 2.17. The van der Waals surface area contributed by atoms with E-state index in [0.29, 0.717) is 10.8 Å². The fraction of sp³-hybridized carbons (Fsp3) is 0.625. The Hall–Kier alpha value is -0.770. The van der Waals surface area contributed by atoms with Gasteiger partial charge >= 0.3 is 0 Å². The summed E-state index contributed by atoms with van der Waals surface area (Å²) in [6, 6.07) is 5.30. The number of piperidine rings is 1. The summed E-state index contributed by atoms with van der Waals surface area (Å²) >= 11 is 6.03. The van der Waals surface area contributed by atoms with Crippen LogP contribution in [0.1, 0.15) is 31.7 Å².